The first-order valence-corrected chi connectivity index (χ1v) is 5.93. The van der Waals surface area contributed by atoms with E-state index >= 15 is 0 Å². The molecule has 0 amide bonds. The number of piperidine rings is 1. The molecule has 1 saturated heterocycles. The van der Waals surface area contributed by atoms with Crippen molar-refractivity contribution in [1.29, 1.82) is 0 Å². The predicted octanol–water partition coefficient (Wildman–Crippen LogP) is 0.833. The molecule has 0 aromatic heterocycles. The predicted molar refractivity (Wildman–Crippen MR) is 59.5 cm³/mol. The number of unbranched alkanes of at least 4 members (excludes halogenated alkanes) is 1. The highest BCUT2D eigenvalue weighted by Crippen LogP contribution is 2.10. The number of hydrogen-bond acceptors (Lipinski definition) is 3. The van der Waals surface area contributed by atoms with Crippen LogP contribution >= 0.6 is 0 Å². The van der Waals surface area contributed by atoms with Gasteiger partial charge in [-0.25, -0.2) is 0 Å². The molecule has 3 nitrogen and oxygen atoms in total. The number of aliphatic hydroxyl groups is 1. The van der Waals surface area contributed by atoms with Crippen molar-refractivity contribution in [2.24, 2.45) is 0 Å². The molecule has 1 aliphatic heterocycles. The maximum Gasteiger partial charge on any atom is 0.0431 e. The molecule has 0 aromatic carbocycles. The molecule has 0 spiro atoms. The third-order valence-corrected chi connectivity index (χ3v) is 2.96. The summed E-state index contributed by atoms with van der Waals surface area (Å²) in [6.07, 6.45) is 4.66. The van der Waals surface area contributed by atoms with Crippen LogP contribution in [0.4, 0.5) is 0 Å². The number of hydrogen-bond donors (Lipinski definition) is 2. The summed E-state index contributed by atoms with van der Waals surface area (Å²) in [5.74, 6) is 0. The molecule has 0 radical (unpaired) electrons. The van der Waals surface area contributed by atoms with Gasteiger partial charge in [0, 0.05) is 12.6 Å². The summed E-state index contributed by atoms with van der Waals surface area (Å²) in [6.45, 7) is 7.22. The maximum absolute atomic E-state index is 8.68. The first-order valence-electron chi connectivity index (χ1n) is 5.93. The van der Waals surface area contributed by atoms with Crippen LogP contribution in [0.2, 0.25) is 0 Å². The van der Waals surface area contributed by atoms with E-state index in [-0.39, 0.29) is 0 Å². The van der Waals surface area contributed by atoms with Crippen molar-refractivity contribution in [3.8, 4) is 0 Å². The van der Waals surface area contributed by atoms with E-state index in [0.717, 1.165) is 25.4 Å². The lowest BCUT2D eigenvalue weighted by Gasteiger charge is -2.32. The molecule has 14 heavy (non-hydrogen) atoms. The van der Waals surface area contributed by atoms with Crippen LogP contribution in [-0.2, 0) is 0 Å². The second kappa shape index (κ2) is 7.21. The zero-order valence-electron chi connectivity index (χ0n) is 9.34. The molecule has 1 heterocycles. The zero-order chi connectivity index (χ0) is 10.2. The minimum atomic E-state index is 0.341. The van der Waals surface area contributed by atoms with Crippen molar-refractivity contribution in [2.75, 3.05) is 32.8 Å². The lowest BCUT2D eigenvalue weighted by Crippen LogP contribution is -2.42. The van der Waals surface area contributed by atoms with E-state index in [0.29, 0.717) is 6.61 Å². The van der Waals surface area contributed by atoms with Gasteiger partial charge in [0.15, 0.2) is 0 Å². The highest BCUT2D eigenvalue weighted by atomic mass is 16.2. The van der Waals surface area contributed by atoms with Gasteiger partial charge in [0.25, 0.3) is 0 Å². The molecule has 0 aromatic rings. The molecule has 0 unspecified atom stereocenters. The Morgan fingerprint density at radius 2 is 2.00 bits per heavy atom. The fourth-order valence-electron chi connectivity index (χ4n) is 2.10. The average molecular weight is 200 g/mol. The lowest BCUT2D eigenvalue weighted by atomic mass is 10.0. The largest absolute Gasteiger partial charge is 0.396 e. The van der Waals surface area contributed by atoms with E-state index in [4.69, 9.17) is 5.11 Å². The lowest BCUT2D eigenvalue weighted by molar-refractivity contribution is 0.189. The topological polar surface area (TPSA) is 35.5 Å². The normalized spacial score (nSPS) is 20.1. The summed E-state index contributed by atoms with van der Waals surface area (Å²) < 4.78 is 0. The Hall–Kier alpha value is -0.120. The molecular formula is C11H24N2O. The number of nitrogens with zero attached hydrogens (tertiary/aromatic N) is 1. The second-order valence-corrected chi connectivity index (χ2v) is 4.10. The quantitative estimate of drug-likeness (QED) is 0.624. The van der Waals surface area contributed by atoms with Crippen molar-refractivity contribution < 1.29 is 5.11 Å². The molecule has 1 fully saturated rings. The molecule has 3 heteroatoms. The summed E-state index contributed by atoms with van der Waals surface area (Å²) in [5.41, 5.74) is 0. The molecule has 0 aliphatic carbocycles. The second-order valence-electron chi connectivity index (χ2n) is 4.10. The van der Waals surface area contributed by atoms with Gasteiger partial charge in [0.2, 0.25) is 0 Å². The Balaban J connectivity index is 2.03. The first-order chi connectivity index (χ1) is 6.86. The standard InChI is InChI=1S/C11H24N2O/c1-2-12-11-5-8-13(9-6-11)7-3-4-10-14/h11-12,14H,2-10H2,1H3. The van der Waals surface area contributed by atoms with Crippen LogP contribution in [0.1, 0.15) is 32.6 Å². The van der Waals surface area contributed by atoms with Gasteiger partial charge in [-0.2, -0.15) is 0 Å². The van der Waals surface area contributed by atoms with Gasteiger partial charge in [-0.3, -0.25) is 0 Å². The Morgan fingerprint density at radius 3 is 2.57 bits per heavy atom. The number of likely N-dealkylation sites (tertiary alicyclic amines) is 1. The zero-order valence-corrected chi connectivity index (χ0v) is 9.34. The van der Waals surface area contributed by atoms with E-state index < -0.39 is 0 Å². The Kier molecular flexibility index (Phi) is 6.15. The van der Waals surface area contributed by atoms with Crippen molar-refractivity contribution in [3.63, 3.8) is 0 Å². The molecule has 1 rings (SSSR count). The van der Waals surface area contributed by atoms with Gasteiger partial charge in [0.05, 0.1) is 0 Å². The van der Waals surface area contributed by atoms with Gasteiger partial charge >= 0.3 is 0 Å². The molecule has 0 bridgehead atoms. The summed E-state index contributed by atoms with van der Waals surface area (Å²) in [4.78, 5) is 2.52. The minimum Gasteiger partial charge on any atom is -0.396 e. The van der Waals surface area contributed by atoms with Gasteiger partial charge in [-0.05, 0) is 51.9 Å². The Morgan fingerprint density at radius 1 is 1.29 bits per heavy atom. The number of rotatable bonds is 6. The maximum atomic E-state index is 8.68. The van der Waals surface area contributed by atoms with E-state index in [1.54, 1.807) is 0 Å². The summed E-state index contributed by atoms with van der Waals surface area (Å²) >= 11 is 0. The van der Waals surface area contributed by atoms with Crippen LogP contribution in [0.5, 0.6) is 0 Å². The fourth-order valence-corrected chi connectivity index (χ4v) is 2.10. The Labute approximate surface area is 87.5 Å². The molecule has 0 saturated carbocycles. The third-order valence-electron chi connectivity index (χ3n) is 2.96. The van der Waals surface area contributed by atoms with Crippen LogP contribution in [0.25, 0.3) is 0 Å². The van der Waals surface area contributed by atoms with Gasteiger partial charge < -0.3 is 15.3 Å². The highest BCUT2D eigenvalue weighted by molar-refractivity contribution is 4.76. The van der Waals surface area contributed by atoms with Crippen molar-refractivity contribution in [3.05, 3.63) is 0 Å². The van der Waals surface area contributed by atoms with Crippen molar-refractivity contribution >= 4 is 0 Å². The molecule has 1 aliphatic rings. The van der Waals surface area contributed by atoms with Crippen LogP contribution in [0, 0.1) is 0 Å². The van der Waals surface area contributed by atoms with Crippen molar-refractivity contribution in [1.82, 2.24) is 10.2 Å². The van der Waals surface area contributed by atoms with Crippen LogP contribution in [0.15, 0.2) is 0 Å². The molecule has 84 valence electrons. The minimum absolute atomic E-state index is 0.341. The Bertz CT molecular complexity index is 133. The summed E-state index contributed by atoms with van der Waals surface area (Å²) in [5, 5.41) is 12.2. The van der Waals surface area contributed by atoms with E-state index in [1.165, 1.54) is 32.5 Å². The number of nitrogens with one attached hydrogen (secondary N) is 1. The van der Waals surface area contributed by atoms with Gasteiger partial charge in [0.1, 0.15) is 0 Å². The fraction of sp³-hybridized carbons (Fsp3) is 1.00. The van der Waals surface area contributed by atoms with Gasteiger partial charge in [-0.1, -0.05) is 6.92 Å². The average Bonchev–Trinajstić information content (AvgIpc) is 2.21. The smallest absolute Gasteiger partial charge is 0.0431 e. The highest BCUT2D eigenvalue weighted by Gasteiger charge is 2.17. The first kappa shape index (κ1) is 12.0. The molecule has 0 atom stereocenters. The van der Waals surface area contributed by atoms with E-state index in [1.807, 2.05) is 0 Å². The van der Waals surface area contributed by atoms with E-state index in [9.17, 15) is 0 Å². The monoisotopic (exact) mass is 200 g/mol. The SMILES string of the molecule is CCNC1CCN(CCCCO)CC1. The van der Waals surface area contributed by atoms with Crippen molar-refractivity contribution in [2.45, 2.75) is 38.6 Å². The molecule has 2 N–H and O–H groups in total. The third kappa shape index (κ3) is 4.40. The van der Waals surface area contributed by atoms with Crippen LogP contribution in [-0.4, -0.2) is 48.8 Å². The van der Waals surface area contributed by atoms with Crippen LogP contribution in [0.3, 0.4) is 0 Å². The molecular weight excluding hydrogens is 176 g/mol. The summed E-state index contributed by atoms with van der Waals surface area (Å²) in [7, 11) is 0. The van der Waals surface area contributed by atoms with Crippen LogP contribution < -0.4 is 5.32 Å². The van der Waals surface area contributed by atoms with Gasteiger partial charge in [-0.15, -0.1) is 0 Å². The number of aliphatic hydroxyl groups excluding tert-OH is 1. The van der Waals surface area contributed by atoms with E-state index in [2.05, 4.69) is 17.1 Å². The summed E-state index contributed by atoms with van der Waals surface area (Å²) in [6, 6.07) is 0.745.